The van der Waals surface area contributed by atoms with E-state index in [-0.39, 0.29) is 23.0 Å². The van der Waals surface area contributed by atoms with Crippen LogP contribution in [0.25, 0.3) is 0 Å². The maximum absolute atomic E-state index is 13.1. The summed E-state index contributed by atoms with van der Waals surface area (Å²) in [6.45, 7) is 0.395. The van der Waals surface area contributed by atoms with Crippen LogP contribution in [-0.2, 0) is 27.7 Å². The Bertz CT molecular complexity index is 1150. The standard InChI is InChI=1S/C25H28N2O5S/c1-31-23-14-13-21(18-24(23)32-2)33(29,30)27-22(17-20-11-7-4-8-12-20)25(28)26-16-15-19-9-5-3-6-10-19/h3-14,18,22,27H,15-17H2,1-2H3,(H,26,28). The summed E-state index contributed by atoms with van der Waals surface area (Å²) in [5.74, 6) is 0.307. The summed E-state index contributed by atoms with van der Waals surface area (Å²) in [6.07, 6.45) is 0.859. The molecule has 0 bridgehead atoms. The first-order valence-corrected chi connectivity index (χ1v) is 12.0. The van der Waals surface area contributed by atoms with Crippen LogP contribution >= 0.6 is 0 Å². The minimum atomic E-state index is -4.01. The minimum Gasteiger partial charge on any atom is -0.493 e. The highest BCUT2D eigenvalue weighted by Gasteiger charge is 2.27. The highest BCUT2D eigenvalue weighted by molar-refractivity contribution is 7.89. The minimum absolute atomic E-state index is 0.0182. The van der Waals surface area contributed by atoms with Crippen LogP contribution in [0.1, 0.15) is 11.1 Å². The van der Waals surface area contributed by atoms with Crippen molar-refractivity contribution >= 4 is 15.9 Å². The van der Waals surface area contributed by atoms with Gasteiger partial charge in [-0.05, 0) is 36.1 Å². The lowest BCUT2D eigenvalue weighted by atomic mass is 10.1. The molecule has 0 aliphatic heterocycles. The summed E-state index contributed by atoms with van der Waals surface area (Å²) in [7, 11) is -1.10. The highest BCUT2D eigenvalue weighted by Crippen LogP contribution is 2.29. The van der Waals surface area contributed by atoms with Gasteiger partial charge in [-0.15, -0.1) is 0 Å². The molecule has 7 nitrogen and oxygen atoms in total. The van der Waals surface area contributed by atoms with Gasteiger partial charge in [0.1, 0.15) is 6.04 Å². The first kappa shape index (κ1) is 24.3. The quantitative estimate of drug-likeness (QED) is 0.451. The van der Waals surface area contributed by atoms with Crippen LogP contribution in [0.2, 0.25) is 0 Å². The van der Waals surface area contributed by atoms with Crippen molar-refractivity contribution in [3.05, 3.63) is 90.0 Å². The predicted molar refractivity (Wildman–Crippen MR) is 127 cm³/mol. The van der Waals surface area contributed by atoms with Crippen molar-refractivity contribution in [3.63, 3.8) is 0 Å². The molecular weight excluding hydrogens is 440 g/mol. The molecule has 3 aromatic carbocycles. The van der Waals surface area contributed by atoms with E-state index in [4.69, 9.17) is 9.47 Å². The molecule has 0 aliphatic rings. The zero-order chi connectivity index (χ0) is 23.7. The lowest BCUT2D eigenvalue weighted by Crippen LogP contribution is -2.48. The van der Waals surface area contributed by atoms with Gasteiger partial charge in [0.25, 0.3) is 0 Å². The van der Waals surface area contributed by atoms with Gasteiger partial charge in [-0.1, -0.05) is 60.7 Å². The van der Waals surface area contributed by atoms with Crippen LogP contribution in [0.3, 0.4) is 0 Å². The smallest absolute Gasteiger partial charge is 0.241 e. The number of benzene rings is 3. The van der Waals surface area contributed by atoms with Gasteiger partial charge in [0.05, 0.1) is 19.1 Å². The van der Waals surface area contributed by atoms with E-state index in [1.54, 1.807) is 0 Å². The Morgan fingerprint density at radius 3 is 2.06 bits per heavy atom. The van der Waals surface area contributed by atoms with E-state index < -0.39 is 16.1 Å². The zero-order valence-electron chi connectivity index (χ0n) is 18.7. The number of hydrogen-bond donors (Lipinski definition) is 2. The molecule has 0 radical (unpaired) electrons. The molecule has 174 valence electrons. The molecule has 0 saturated carbocycles. The van der Waals surface area contributed by atoms with Crippen molar-refractivity contribution in [2.24, 2.45) is 0 Å². The Labute approximate surface area is 194 Å². The van der Waals surface area contributed by atoms with Crippen LogP contribution < -0.4 is 19.5 Å². The summed E-state index contributed by atoms with van der Waals surface area (Å²) in [5, 5.41) is 2.86. The van der Waals surface area contributed by atoms with Gasteiger partial charge >= 0.3 is 0 Å². The van der Waals surface area contributed by atoms with Gasteiger partial charge in [-0.2, -0.15) is 4.72 Å². The van der Waals surface area contributed by atoms with Gasteiger partial charge in [-0.25, -0.2) is 8.42 Å². The Balaban J connectivity index is 1.77. The summed E-state index contributed by atoms with van der Waals surface area (Å²) < 4.78 is 39.2. The number of ether oxygens (including phenoxy) is 2. The number of amides is 1. The number of carbonyl (C=O) groups excluding carboxylic acids is 1. The second kappa shape index (κ2) is 11.5. The molecular formula is C25H28N2O5S. The van der Waals surface area contributed by atoms with Crippen molar-refractivity contribution in [2.45, 2.75) is 23.8 Å². The second-order valence-corrected chi connectivity index (χ2v) is 9.12. The molecule has 2 N–H and O–H groups in total. The number of hydrogen-bond acceptors (Lipinski definition) is 5. The van der Waals surface area contributed by atoms with Gasteiger partial charge in [0.2, 0.25) is 15.9 Å². The average Bonchev–Trinajstić information content (AvgIpc) is 2.84. The van der Waals surface area contributed by atoms with Gasteiger partial charge in [0, 0.05) is 12.6 Å². The number of methoxy groups -OCH3 is 2. The second-order valence-electron chi connectivity index (χ2n) is 7.41. The Morgan fingerprint density at radius 2 is 1.45 bits per heavy atom. The molecule has 0 heterocycles. The zero-order valence-corrected chi connectivity index (χ0v) is 19.5. The largest absolute Gasteiger partial charge is 0.493 e. The summed E-state index contributed by atoms with van der Waals surface area (Å²) in [6, 6.07) is 22.4. The van der Waals surface area contributed by atoms with E-state index in [1.165, 1.54) is 32.4 Å². The van der Waals surface area contributed by atoms with Crippen molar-refractivity contribution < 1.29 is 22.7 Å². The Kier molecular flexibility index (Phi) is 8.46. The Morgan fingerprint density at radius 1 is 0.848 bits per heavy atom. The molecule has 0 spiro atoms. The van der Waals surface area contributed by atoms with E-state index in [1.807, 2.05) is 60.7 Å². The fourth-order valence-electron chi connectivity index (χ4n) is 3.37. The molecule has 1 unspecified atom stereocenters. The summed E-state index contributed by atoms with van der Waals surface area (Å²) in [4.78, 5) is 13.0. The van der Waals surface area contributed by atoms with Crippen LogP contribution in [-0.4, -0.2) is 41.1 Å². The van der Waals surface area contributed by atoms with Crippen LogP contribution in [0.4, 0.5) is 0 Å². The van der Waals surface area contributed by atoms with Gasteiger partial charge in [-0.3, -0.25) is 4.79 Å². The first-order chi connectivity index (χ1) is 15.9. The number of carbonyl (C=O) groups is 1. The van der Waals surface area contributed by atoms with Crippen molar-refractivity contribution in [2.75, 3.05) is 20.8 Å². The third kappa shape index (κ3) is 6.81. The maximum Gasteiger partial charge on any atom is 0.241 e. The van der Waals surface area contributed by atoms with E-state index in [0.717, 1.165) is 11.1 Å². The lowest BCUT2D eigenvalue weighted by Gasteiger charge is -2.19. The monoisotopic (exact) mass is 468 g/mol. The summed E-state index contributed by atoms with van der Waals surface area (Å²) >= 11 is 0. The highest BCUT2D eigenvalue weighted by atomic mass is 32.2. The third-order valence-electron chi connectivity index (χ3n) is 5.12. The molecule has 3 rings (SSSR count). The number of nitrogens with one attached hydrogen (secondary N) is 2. The first-order valence-electron chi connectivity index (χ1n) is 10.5. The van der Waals surface area contributed by atoms with Gasteiger partial charge < -0.3 is 14.8 Å². The van der Waals surface area contributed by atoms with E-state index in [2.05, 4.69) is 10.0 Å². The molecule has 33 heavy (non-hydrogen) atoms. The molecule has 0 saturated heterocycles. The SMILES string of the molecule is COc1ccc(S(=O)(=O)NC(Cc2ccccc2)C(=O)NCCc2ccccc2)cc1OC. The molecule has 1 amide bonds. The van der Waals surface area contributed by atoms with Gasteiger partial charge in [0.15, 0.2) is 11.5 Å². The fourth-order valence-corrected chi connectivity index (χ4v) is 4.59. The van der Waals surface area contributed by atoms with Crippen molar-refractivity contribution in [3.8, 4) is 11.5 Å². The maximum atomic E-state index is 13.1. The van der Waals surface area contributed by atoms with E-state index in [9.17, 15) is 13.2 Å². The molecule has 1 atom stereocenters. The predicted octanol–water partition coefficient (Wildman–Crippen LogP) is 2.95. The topological polar surface area (TPSA) is 93.7 Å². The normalized spacial score (nSPS) is 12.1. The Hall–Kier alpha value is -3.36. The molecule has 0 fully saturated rings. The molecule has 8 heteroatoms. The fraction of sp³-hybridized carbons (Fsp3) is 0.240. The summed E-state index contributed by atoms with van der Waals surface area (Å²) in [5.41, 5.74) is 1.93. The number of sulfonamides is 1. The van der Waals surface area contributed by atoms with Crippen molar-refractivity contribution in [1.82, 2.24) is 10.0 Å². The molecule has 0 aliphatic carbocycles. The molecule has 0 aromatic heterocycles. The van der Waals surface area contributed by atoms with Crippen LogP contribution in [0.5, 0.6) is 11.5 Å². The average molecular weight is 469 g/mol. The number of rotatable bonds is 11. The lowest BCUT2D eigenvalue weighted by molar-refractivity contribution is -0.122. The van der Waals surface area contributed by atoms with Crippen molar-refractivity contribution in [1.29, 1.82) is 0 Å². The third-order valence-corrected chi connectivity index (χ3v) is 6.59. The van der Waals surface area contributed by atoms with E-state index in [0.29, 0.717) is 18.7 Å². The molecule has 3 aromatic rings. The van der Waals surface area contributed by atoms with Crippen LogP contribution in [0, 0.1) is 0 Å². The van der Waals surface area contributed by atoms with Crippen LogP contribution in [0.15, 0.2) is 83.8 Å². The van der Waals surface area contributed by atoms with E-state index >= 15 is 0 Å².